The van der Waals surface area contributed by atoms with Crippen LogP contribution in [0.4, 0.5) is 5.69 Å². The largest absolute Gasteiger partial charge is 0.396 e. The molecular formula is C13H22N4O2S. The Bertz CT molecular complexity index is 561. The highest BCUT2D eigenvalue weighted by molar-refractivity contribution is 7.89. The number of sulfonamides is 1. The average Bonchev–Trinajstić information content (AvgIpc) is 2.60. The van der Waals surface area contributed by atoms with Crippen molar-refractivity contribution in [2.24, 2.45) is 0 Å². The maximum absolute atomic E-state index is 12.8. The molecule has 0 aliphatic carbocycles. The fourth-order valence-corrected chi connectivity index (χ4v) is 4.36. The summed E-state index contributed by atoms with van der Waals surface area (Å²) in [4.78, 5) is 6.15. The summed E-state index contributed by atoms with van der Waals surface area (Å²) in [6, 6.07) is 3.18. The first-order valence-corrected chi connectivity index (χ1v) is 8.31. The second-order valence-electron chi connectivity index (χ2n) is 5.19. The van der Waals surface area contributed by atoms with E-state index in [2.05, 4.69) is 9.88 Å². The van der Waals surface area contributed by atoms with E-state index >= 15 is 0 Å². The van der Waals surface area contributed by atoms with E-state index in [1.807, 2.05) is 14.0 Å². The molecule has 2 rings (SSSR count). The number of aromatic nitrogens is 1. The van der Waals surface area contributed by atoms with Gasteiger partial charge in [-0.15, -0.1) is 0 Å². The van der Waals surface area contributed by atoms with Crippen molar-refractivity contribution in [2.45, 2.75) is 30.8 Å². The molecule has 1 aliphatic rings. The number of hydrogen-bond acceptors (Lipinski definition) is 5. The predicted molar refractivity (Wildman–Crippen MR) is 78.7 cm³/mol. The molecule has 0 radical (unpaired) electrons. The fourth-order valence-electron chi connectivity index (χ4n) is 2.60. The van der Waals surface area contributed by atoms with E-state index in [9.17, 15) is 8.42 Å². The first-order valence-electron chi connectivity index (χ1n) is 6.87. The van der Waals surface area contributed by atoms with Crippen LogP contribution in [0, 0.1) is 0 Å². The molecule has 112 valence electrons. The van der Waals surface area contributed by atoms with Gasteiger partial charge in [-0.3, -0.25) is 0 Å². The molecule has 0 amide bonds. The van der Waals surface area contributed by atoms with E-state index in [1.54, 1.807) is 16.4 Å². The summed E-state index contributed by atoms with van der Waals surface area (Å²) in [6.07, 6.45) is 3.06. The smallest absolute Gasteiger partial charge is 0.262 e. The Balaban J connectivity index is 2.39. The molecule has 0 aromatic carbocycles. The quantitative estimate of drug-likeness (QED) is 0.891. The molecule has 0 bridgehead atoms. The number of nitrogens with two attached hydrogens (primary N) is 1. The van der Waals surface area contributed by atoms with Gasteiger partial charge < -0.3 is 10.6 Å². The van der Waals surface area contributed by atoms with Crippen molar-refractivity contribution in [1.82, 2.24) is 14.2 Å². The van der Waals surface area contributed by atoms with Crippen LogP contribution < -0.4 is 5.73 Å². The Labute approximate surface area is 120 Å². The van der Waals surface area contributed by atoms with Crippen molar-refractivity contribution in [3.63, 3.8) is 0 Å². The Morgan fingerprint density at radius 1 is 1.45 bits per heavy atom. The molecule has 6 nitrogen and oxygen atoms in total. The van der Waals surface area contributed by atoms with Gasteiger partial charge in [-0.1, -0.05) is 6.92 Å². The zero-order chi connectivity index (χ0) is 14.8. The predicted octanol–water partition coefficient (Wildman–Crippen LogP) is 0.769. The van der Waals surface area contributed by atoms with Crippen LogP contribution >= 0.6 is 0 Å². The Hall–Kier alpha value is -1.18. The molecule has 0 spiro atoms. The van der Waals surface area contributed by atoms with E-state index in [0.29, 0.717) is 6.54 Å². The van der Waals surface area contributed by atoms with Crippen LogP contribution in [0.15, 0.2) is 23.4 Å². The van der Waals surface area contributed by atoms with E-state index in [4.69, 9.17) is 5.73 Å². The lowest BCUT2D eigenvalue weighted by Crippen LogP contribution is -2.43. The summed E-state index contributed by atoms with van der Waals surface area (Å²) in [6.45, 7) is 4.16. The van der Waals surface area contributed by atoms with Gasteiger partial charge in [-0.25, -0.2) is 13.4 Å². The molecule has 20 heavy (non-hydrogen) atoms. The SMILES string of the molecule is CCC1CN(C)CCCN1S(=O)(=O)c1ncccc1N. The molecule has 2 N–H and O–H groups in total. The van der Waals surface area contributed by atoms with E-state index in [1.165, 1.54) is 6.20 Å². The van der Waals surface area contributed by atoms with Crippen LogP contribution in [0.5, 0.6) is 0 Å². The normalized spacial score (nSPS) is 22.6. The number of nitrogen functional groups attached to an aromatic ring is 1. The van der Waals surface area contributed by atoms with Crippen molar-refractivity contribution in [2.75, 3.05) is 32.4 Å². The Morgan fingerprint density at radius 3 is 2.85 bits per heavy atom. The van der Waals surface area contributed by atoms with Crippen molar-refractivity contribution in [1.29, 1.82) is 0 Å². The highest BCUT2D eigenvalue weighted by atomic mass is 32.2. The summed E-state index contributed by atoms with van der Waals surface area (Å²) in [5.74, 6) is 0. The number of pyridine rings is 1. The number of likely N-dealkylation sites (N-methyl/N-ethyl adjacent to an activating group) is 1. The third-order valence-electron chi connectivity index (χ3n) is 3.67. The van der Waals surface area contributed by atoms with Gasteiger partial charge in [0.2, 0.25) is 0 Å². The molecule has 2 heterocycles. The molecule has 1 atom stereocenters. The van der Waals surface area contributed by atoms with Crippen LogP contribution in [0.2, 0.25) is 0 Å². The highest BCUT2D eigenvalue weighted by Gasteiger charge is 2.34. The summed E-state index contributed by atoms with van der Waals surface area (Å²) in [7, 11) is -1.61. The lowest BCUT2D eigenvalue weighted by Gasteiger charge is -2.29. The molecule has 1 fully saturated rings. The van der Waals surface area contributed by atoms with Crippen LogP contribution in [0.1, 0.15) is 19.8 Å². The van der Waals surface area contributed by atoms with Gasteiger partial charge in [0.05, 0.1) is 5.69 Å². The van der Waals surface area contributed by atoms with Gasteiger partial charge in [0.15, 0.2) is 5.03 Å². The first-order chi connectivity index (χ1) is 9.46. The minimum atomic E-state index is -3.63. The molecule has 1 unspecified atom stereocenters. The monoisotopic (exact) mass is 298 g/mol. The Morgan fingerprint density at radius 2 is 2.20 bits per heavy atom. The maximum atomic E-state index is 12.8. The van der Waals surface area contributed by atoms with E-state index < -0.39 is 10.0 Å². The molecule has 1 aromatic rings. The van der Waals surface area contributed by atoms with Gasteiger partial charge in [0, 0.05) is 25.3 Å². The van der Waals surface area contributed by atoms with Crippen LogP contribution in [-0.2, 0) is 10.0 Å². The summed E-state index contributed by atoms with van der Waals surface area (Å²) in [5.41, 5.74) is 6.00. The van der Waals surface area contributed by atoms with Gasteiger partial charge in [0.25, 0.3) is 10.0 Å². The molecule has 1 aromatic heterocycles. The zero-order valence-electron chi connectivity index (χ0n) is 12.0. The second kappa shape index (κ2) is 6.07. The third kappa shape index (κ3) is 2.94. The van der Waals surface area contributed by atoms with Crippen LogP contribution in [-0.4, -0.2) is 55.3 Å². The molecule has 1 aliphatic heterocycles. The standard InChI is InChI=1S/C13H22N4O2S/c1-3-11-10-16(2)8-5-9-17(11)20(18,19)13-12(14)6-4-7-15-13/h4,6-7,11H,3,5,8-10,14H2,1-2H3. The minimum absolute atomic E-state index is 0.0250. The average molecular weight is 298 g/mol. The molecular weight excluding hydrogens is 276 g/mol. The maximum Gasteiger partial charge on any atom is 0.262 e. The topological polar surface area (TPSA) is 79.5 Å². The Kier molecular flexibility index (Phi) is 4.62. The molecule has 1 saturated heterocycles. The molecule has 0 saturated carbocycles. The highest BCUT2D eigenvalue weighted by Crippen LogP contribution is 2.24. The first kappa shape index (κ1) is 15.2. The number of anilines is 1. The lowest BCUT2D eigenvalue weighted by atomic mass is 10.2. The van der Waals surface area contributed by atoms with Gasteiger partial charge in [-0.2, -0.15) is 4.31 Å². The van der Waals surface area contributed by atoms with Crippen molar-refractivity contribution in [3.8, 4) is 0 Å². The zero-order valence-corrected chi connectivity index (χ0v) is 12.8. The lowest BCUT2D eigenvalue weighted by molar-refractivity contribution is 0.270. The number of nitrogens with zero attached hydrogens (tertiary/aromatic N) is 3. The van der Waals surface area contributed by atoms with Gasteiger partial charge in [0.1, 0.15) is 0 Å². The number of rotatable bonds is 3. The second-order valence-corrected chi connectivity index (χ2v) is 7.00. The van der Waals surface area contributed by atoms with E-state index in [0.717, 1.165) is 25.9 Å². The third-order valence-corrected chi connectivity index (χ3v) is 5.60. The minimum Gasteiger partial charge on any atom is -0.396 e. The van der Waals surface area contributed by atoms with Gasteiger partial charge in [-0.05, 0) is 38.6 Å². The van der Waals surface area contributed by atoms with Crippen LogP contribution in [0.3, 0.4) is 0 Å². The van der Waals surface area contributed by atoms with Crippen molar-refractivity contribution in [3.05, 3.63) is 18.3 Å². The number of hydrogen-bond donors (Lipinski definition) is 1. The van der Waals surface area contributed by atoms with Crippen molar-refractivity contribution >= 4 is 15.7 Å². The van der Waals surface area contributed by atoms with Crippen LogP contribution in [0.25, 0.3) is 0 Å². The van der Waals surface area contributed by atoms with Gasteiger partial charge >= 0.3 is 0 Å². The van der Waals surface area contributed by atoms with Crippen molar-refractivity contribution < 1.29 is 8.42 Å². The molecule has 7 heteroatoms. The summed E-state index contributed by atoms with van der Waals surface area (Å²) < 4.78 is 27.2. The fraction of sp³-hybridized carbons (Fsp3) is 0.615. The summed E-state index contributed by atoms with van der Waals surface area (Å²) in [5, 5.41) is -0.0250. The van der Waals surface area contributed by atoms with E-state index in [-0.39, 0.29) is 16.8 Å². The summed E-state index contributed by atoms with van der Waals surface area (Å²) >= 11 is 0.